The highest BCUT2D eigenvalue weighted by Gasteiger charge is 2.14. The molecule has 0 saturated carbocycles. The van der Waals surface area contributed by atoms with Crippen LogP contribution in [0.4, 0.5) is 11.4 Å². The minimum absolute atomic E-state index is 0.266. The second-order valence-corrected chi connectivity index (χ2v) is 7.99. The van der Waals surface area contributed by atoms with Crippen LogP contribution < -0.4 is 9.62 Å². The topological polar surface area (TPSA) is 49.4 Å². The second-order valence-electron chi connectivity index (χ2n) is 6.31. The van der Waals surface area contributed by atoms with Crippen LogP contribution in [0.15, 0.2) is 83.8 Å². The van der Waals surface area contributed by atoms with Crippen LogP contribution in [0.5, 0.6) is 0 Å². The van der Waals surface area contributed by atoms with Gasteiger partial charge in [-0.2, -0.15) is 0 Å². The standard InChI is InChI=1S/C21H22N2O2S/c1-17-7-6-10-21(15-17)26(24,25)22-19-11-13-20(14-12-19)23(2)16-18-8-4-3-5-9-18/h3-15,22H,16H2,1-2H3. The van der Waals surface area contributed by atoms with Gasteiger partial charge in [-0.15, -0.1) is 0 Å². The summed E-state index contributed by atoms with van der Waals surface area (Å²) in [5.74, 6) is 0. The first kappa shape index (κ1) is 18.0. The van der Waals surface area contributed by atoms with Crippen molar-refractivity contribution in [3.05, 3.63) is 90.0 Å². The van der Waals surface area contributed by atoms with Gasteiger partial charge in [0, 0.05) is 25.0 Å². The monoisotopic (exact) mass is 366 g/mol. The zero-order valence-electron chi connectivity index (χ0n) is 14.9. The molecule has 0 amide bonds. The van der Waals surface area contributed by atoms with Crippen molar-refractivity contribution in [3.63, 3.8) is 0 Å². The van der Waals surface area contributed by atoms with Crippen LogP contribution in [0.1, 0.15) is 11.1 Å². The summed E-state index contributed by atoms with van der Waals surface area (Å²) >= 11 is 0. The Morgan fingerprint density at radius 3 is 2.23 bits per heavy atom. The van der Waals surface area contributed by atoms with Crippen molar-refractivity contribution in [2.45, 2.75) is 18.4 Å². The van der Waals surface area contributed by atoms with E-state index in [9.17, 15) is 8.42 Å². The van der Waals surface area contributed by atoms with Crippen molar-refractivity contribution in [2.24, 2.45) is 0 Å². The van der Waals surface area contributed by atoms with Crippen molar-refractivity contribution >= 4 is 21.4 Å². The summed E-state index contributed by atoms with van der Waals surface area (Å²) in [5.41, 5.74) is 3.70. The van der Waals surface area contributed by atoms with E-state index in [4.69, 9.17) is 0 Å². The Hall–Kier alpha value is -2.79. The lowest BCUT2D eigenvalue weighted by Crippen LogP contribution is -2.16. The van der Waals surface area contributed by atoms with Gasteiger partial charge in [-0.3, -0.25) is 4.72 Å². The Kier molecular flexibility index (Phi) is 5.28. The predicted molar refractivity (Wildman–Crippen MR) is 107 cm³/mol. The molecule has 0 aromatic heterocycles. The molecular weight excluding hydrogens is 344 g/mol. The summed E-state index contributed by atoms with van der Waals surface area (Å²) in [6.45, 7) is 2.66. The summed E-state index contributed by atoms with van der Waals surface area (Å²) in [5, 5.41) is 0. The molecule has 0 atom stereocenters. The zero-order chi connectivity index (χ0) is 18.6. The molecule has 0 unspecified atom stereocenters. The van der Waals surface area contributed by atoms with Gasteiger partial charge in [-0.25, -0.2) is 8.42 Å². The second kappa shape index (κ2) is 7.62. The highest BCUT2D eigenvalue weighted by molar-refractivity contribution is 7.92. The van der Waals surface area contributed by atoms with Crippen LogP contribution in [-0.2, 0) is 16.6 Å². The van der Waals surface area contributed by atoms with Crippen LogP contribution in [-0.4, -0.2) is 15.5 Å². The third-order valence-corrected chi connectivity index (χ3v) is 5.50. The lowest BCUT2D eigenvalue weighted by atomic mass is 10.2. The molecule has 0 aliphatic rings. The van der Waals surface area contributed by atoms with E-state index in [-0.39, 0.29) is 4.90 Å². The largest absolute Gasteiger partial charge is 0.370 e. The molecule has 0 aliphatic carbocycles. The van der Waals surface area contributed by atoms with Crippen LogP contribution in [0.2, 0.25) is 0 Å². The number of anilines is 2. The van der Waals surface area contributed by atoms with Gasteiger partial charge < -0.3 is 4.90 Å². The number of nitrogens with one attached hydrogen (secondary N) is 1. The van der Waals surface area contributed by atoms with Crippen molar-refractivity contribution in [2.75, 3.05) is 16.7 Å². The smallest absolute Gasteiger partial charge is 0.261 e. The fraction of sp³-hybridized carbons (Fsp3) is 0.143. The number of sulfonamides is 1. The van der Waals surface area contributed by atoms with Gasteiger partial charge in [0.15, 0.2) is 0 Å². The van der Waals surface area contributed by atoms with E-state index >= 15 is 0 Å². The van der Waals surface area contributed by atoms with Crippen molar-refractivity contribution < 1.29 is 8.42 Å². The fourth-order valence-corrected chi connectivity index (χ4v) is 3.89. The molecule has 3 aromatic rings. The van der Waals surface area contributed by atoms with E-state index in [2.05, 4.69) is 21.8 Å². The maximum Gasteiger partial charge on any atom is 0.261 e. The third-order valence-electron chi connectivity index (χ3n) is 4.12. The van der Waals surface area contributed by atoms with Crippen molar-refractivity contribution in [1.29, 1.82) is 0 Å². The van der Waals surface area contributed by atoms with Crippen LogP contribution in [0.25, 0.3) is 0 Å². The number of benzene rings is 3. The maximum atomic E-state index is 12.5. The van der Waals surface area contributed by atoms with Gasteiger partial charge in [0.2, 0.25) is 0 Å². The van der Waals surface area contributed by atoms with E-state index < -0.39 is 10.0 Å². The molecule has 0 fully saturated rings. The minimum atomic E-state index is -3.58. The summed E-state index contributed by atoms with van der Waals surface area (Å²) in [6, 6.07) is 24.5. The summed E-state index contributed by atoms with van der Waals surface area (Å²) in [6.07, 6.45) is 0. The van der Waals surface area contributed by atoms with Gasteiger partial charge >= 0.3 is 0 Å². The Bertz CT molecular complexity index is 968. The molecule has 0 spiro atoms. The quantitative estimate of drug-likeness (QED) is 0.702. The van der Waals surface area contributed by atoms with E-state index in [1.807, 2.05) is 50.4 Å². The first-order valence-electron chi connectivity index (χ1n) is 8.39. The normalized spacial score (nSPS) is 11.2. The first-order valence-corrected chi connectivity index (χ1v) is 9.87. The maximum absolute atomic E-state index is 12.5. The molecular formula is C21H22N2O2S. The number of hydrogen-bond acceptors (Lipinski definition) is 3. The van der Waals surface area contributed by atoms with Crippen molar-refractivity contribution in [3.8, 4) is 0 Å². The summed E-state index contributed by atoms with van der Waals surface area (Å²) < 4.78 is 27.6. The highest BCUT2D eigenvalue weighted by atomic mass is 32.2. The van der Waals surface area contributed by atoms with E-state index in [1.165, 1.54) is 5.56 Å². The summed E-state index contributed by atoms with van der Waals surface area (Å²) in [7, 11) is -1.57. The van der Waals surface area contributed by atoms with E-state index in [0.29, 0.717) is 5.69 Å². The number of nitrogens with zero attached hydrogens (tertiary/aromatic N) is 1. The Balaban J connectivity index is 1.71. The van der Waals surface area contributed by atoms with Gasteiger partial charge in [0.05, 0.1) is 4.90 Å². The Labute approximate surface area is 155 Å². The average Bonchev–Trinajstić information content (AvgIpc) is 2.63. The molecule has 4 nitrogen and oxygen atoms in total. The third kappa shape index (κ3) is 4.43. The molecule has 1 N–H and O–H groups in total. The van der Waals surface area contributed by atoms with Gasteiger partial charge in [0.1, 0.15) is 0 Å². The molecule has 0 radical (unpaired) electrons. The lowest BCUT2D eigenvalue weighted by Gasteiger charge is -2.20. The Morgan fingerprint density at radius 1 is 0.885 bits per heavy atom. The predicted octanol–water partition coefficient (Wildman–Crippen LogP) is 4.43. The fourth-order valence-electron chi connectivity index (χ4n) is 2.73. The van der Waals surface area contributed by atoms with Crippen LogP contribution >= 0.6 is 0 Å². The lowest BCUT2D eigenvalue weighted by molar-refractivity contribution is 0.601. The summed E-state index contributed by atoms with van der Waals surface area (Å²) in [4.78, 5) is 2.39. The highest BCUT2D eigenvalue weighted by Crippen LogP contribution is 2.21. The SMILES string of the molecule is Cc1cccc(S(=O)(=O)Nc2ccc(N(C)Cc3ccccc3)cc2)c1. The van der Waals surface area contributed by atoms with Crippen LogP contribution in [0, 0.1) is 6.92 Å². The van der Waals surface area contributed by atoms with Crippen LogP contribution in [0.3, 0.4) is 0 Å². The molecule has 0 saturated heterocycles. The van der Waals surface area contributed by atoms with Gasteiger partial charge in [-0.05, 0) is 54.4 Å². The molecule has 3 rings (SSSR count). The minimum Gasteiger partial charge on any atom is -0.370 e. The van der Waals surface area contributed by atoms with Gasteiger partial charge in [0.25, 0.3) is 10.0 Å². The molecule has 5 heteroatoms. The molecule has 134 valence electrons. The number of aryl methyl sites for hydroxylation is 1. The average molecular weight is 366 g/mol. The molecule has 0 aliphatic heterocycles. The first-order chi connectivity index (χ1) is 12.4. The zero-order valence-corrected chi connectivity index (χ0v) is 15.7. The van der Waals surface area contributed by atoms with Crippen molar-refractivity contribution in [1.82, 2.24) is 0 Å². The van der Waals surface area contributed by atoms with E-state index in [0.717, 1.165) is 17.8 Å². The number of rotatable bonds is 6. The molecule has 26 heavy (non-hydrogen) atoms. The number of hydrogen-bond donors (Lipinski definition) is 1. The van der Waals surface area contributed by atoms with Gasteiger partial charge in [-0.1, -0.05) is 42.5 Å². The molecule has 3 aromatic carbocycles. The van der Waals surface area contributed by atoms with E-state index in [1.54, 1.807) is 30.3 Å². The Morgan fingerprint density at radius 2 is 1.58 bits per heavy atom. The molecule has 0 bridgehead atoms. The molecule has 0 heterocycles.